The number of thioether (sulfide) groups is 1. The predicted molar refractivity (Wildman–Crippen MR) is 139 cm³/mol. The minimum Gasteiger partial charge on any atom is -0.497 e. The van der Waals surface area contributed by atoms with Gasteiger partial charge in [-0.2, -0.15) is 0 Å². The Morgan fingerprint density at radius 3 is 2.17 bits per heavy atom. The monoisotopic (exact) mass is 513 g/mol. The van der Waals surface area contributed by atoms with Gasteiger partial charge in [0, 0.05) is 10.6 Å². The van der Waals surface area contributed by atoms with Crippen LogP contribution in [0.4, 0.5) is 0 Å². The summed E-state index contributed by atoms with van der Waals surface area (Å²) in [5.74, 6) is -0.866. The number of aryl methyl sites for hydroxylation is 1. The molecule has 8 heteroatoms. The first kappa shape index (κ1) is 26.8. The second-order valence-corrected chi connectivity index (χ2v) is 11.5. The van der Waals surface area contributed by atoms with Gasteiger partial charge in [-0.1, -0.05) is 55.0 Å². The van der Waals surface area contributed by atoms with Crippen LogP contribution in [0, 0.1) is 5.92 Å². The Kier molecular flexibility index (Phi) is 10.2. The highest BCUT2D eigenvalue weighted by atomic mass is 32.2. The summed E-state index contributed by atoms with van der Waals surface area (Å²) in [4.78, 5) is 13.8. The number of carbonyl (C=O) groups excluding carboxylic acids is 1. The lowest BCUT2D eigenvalue weighted by molar-refractivity contribution is -0.132. The molecule has 6 nitrogen and oxygen atoms in total. The van der Waals surface area contributed by atoms with Crippen molar-refractivity contribution >= 4 is 27.5 Å². The third-order valence-electron chi connectivity index (χ3n) is 5.90. The largest absolute Gasteiger partial charge is 0.497 e. The van der Waals surface area contributed by atoms with E-state index in [2.05, 4.69) is 0 Å². The molecule has 3 rings (SSSR count). The molecule has 0 aliphatic heterocycles. The maximum Gasteiger partial charge on any atom is 0.248 e. The van der Waals surface area contributed by atoms with Gasteiger partial charge in [0.15, 0.2) is 9.84 Å². The maximum atomic E-state index is 13.8. The molecule has 0 radical (unpaired) electrons. The zero-order valence-corrected chi connectivity index (χ0v) is 21.3. The van der Waals surface area contributed by atoms with Gasteiger partial charge in [-0.05, 0) is 61.2 Å². The summed E-state index contributed by atoms with van der Waals surface area (Å²) in [6.07, 6.45) is 2.54. The van der Waals surface area contributed by atoms with Gasteiger partial charge in [0.1, 0.15) is 5.75 Å². The van der Waals surface area contributed by atoms with Crippen LogP contribution in [0.2, 0.25) is 0 Å². The van der Waals surface area contributed by atoms with E-state index in [0.29, 0.717) is 18.6 Å². The molecule has 0 saturated heterocycles. The molecule has 0 aromatic heterocycles. The van der Waals surface area contributed by atoms with Crippen LogP contribution in [-0.2, 0) is 21.1 Å². The minimum absolute atomic E-state index is 0.131. The standard InChI is InChI=1S/C27H31NO5S2/c1-33-22-16-18-24(19-17-22)35(31,32)26(15-9-8-12-21-10-4-2-5-11-21)25(27(29)28-30)20-34-23-13-6-3-7-14-23/h2-7,10-11,13-14,16-19,25-26,30H,8-9,12,15,20H2,1H3,(H,28,29). The Labute approximate surface area is 211 Å². The average molecular weight is 514 g/mol. The van der Waals surface area contributed by atoms with Gasteiger partial charge in [0.2, 0.25) is 5.91 Å². The lowest BCUT2D eigenvalue weighted by Gasteiger charge is -2.26. The number of unbranched alkanes of at least 4 members (excludes halogenated alkanes) is 1. The summed E-state index contributed by atoms with van der Waals surface area (Å²) in [5, 5.41) is 8.47. The third-order valence-corrected chi connectivity index (χ3v) is 9.32. The molecule has 0 spiro atoms. The Hall–Kier alpha value is -2.81. The highest BCUT2D eigenvalue weighted by Gasteiger charge is 2.38. The molecule has 0 aliphatic carbocycles. The first-order chi connectivity index (χ1) is 17.0. The molecular formula is C27H31NO5S2. The number of hydrogen-bond acceptors (Lipinski definition) is 6. The fourth-order valence-electron chi connectivity index (χ4n) is 3.97. The summed E-state index contributed by atoms with van der Waals surface area (Å²) < 4.78 is 32.7. The minimum atomic E-state index is -3.87. The number of hydrogen-bond donors (Lipinski definition) is 2. The lowest BCUT2D eigenvalue weighted by atomic mass is 9.99. The van der Waals surface area contributed by atoms with E-state index >= 15 is 0 Å². The van der Waals surface area contributed by atoms with E-state index in [1.165, 1.54) is 36.6 Å². The fraction of sp³-hybridized carbons (Fsp3) is 0.296. The summed E-state index contributed by atoms with van der Waals surface area (Å²) in [6, 6.07) is 25.7. The molecule has 0 aliphatic rings. The van der Waals surface area contributed by atoms with Crippen molar-refractivity contribution in [2.75, 3.05) is 12.9 Å². The Bertz CT molecular complexity index is 1150. The number of rotatable bonds is 13. The molecular weight excluding hydrogens is 482 g/mol. The molecule has 3 aromatic carbocycles. The van der Waals surface area contributed by atoms with Gasteiger partial charge in [-0.25, -0.2) is 13.9 Å². The molecule has 35 heavy (non-hydrogen) atoms. The van der Waals surface area contributed by atoms with Crippen LogP contribution in [-0.4, -0.2) is 37.6 Å². The Morgan fingerprint density at radius 2 is 1.57 bits per heavy atom. The van der Waals surface area contributed by atoms with Crippen molar-refractivity contribution in [3.63, 3.8) is 0 Å². The van der Waals surface area contributed by atoms with Crippen LogP contribution in [0.3, 0.4) is 0 Å². The van der Waals surface area contributed by atoms with E-state index in [9.17, 15) is 18.4 Å². The van der Waals surface area contributed by atoms with Crippen molar-refractivity contribution in [2.45, 2.75) is 40.7 Å². The van der Waals surface area contributed by atoms with Gasteiger partial charge in [0.05, 0.1) is 23.2 Å². The van der Waals surface area contributed by atoms with Crippen LogP contribution in [0.25, 0.3) is 0 Å². The van der Waals surface area contributed by atoms with Crippen LogP contribution in [0.1, 0.15) is 24.8 Å². The van der Waals surface area contributed by atoms with Gasteiger partial charge < -0.3 is 4.74 Å². The number of nitrogens with one attached hydrogen (secondary N) is 1. The zero-order valence-electron chi connectivity index (χ0n) is 19.7. The summed E-state index contributed by atoms with van der Waals surface area (Å²) in [7, 11) is -2.36. The second kappa shape index (κ2) is 13.3. The number of sulfone groups is 1. The Balaban J connectivity index is 1.84. The van der Waals surface area contributed by atoms with Crippen molar-refractivity contribution in [1.29, 1.82) is 0 Å². The number of amides is 1. The molecule has 3 aromatic rings. The highest BCUT2D eigenvalue weighted by molar-refractivity contribution is 7.99. The third kappa shape index (κ3) is 7.59. The molecule has 0 heterocycles. The van der Waals surface area contributed by atoms with Gasteiger partial charge in [0.25, 0.3) is 0 Å². The van der Waals surface area contributed by atoms with Crippen molar-refractivity contribution in [1.82, 2.24) is 5.48 Å². The smallest absolute Gasteiger partial charge is 0.248 e. The van der Waals surface area contributed by atoms with E-state index in [4.69, 9.17) is 4.74 Å². The SMILES string of the molecule is COc1ccc(S(=O)(=O)C(CCCCc2ccccc2)C(CSc2ccccc2)C(=O)NO)cc1. The Morgan fingerprint density at radius 1 is 0.943 bits per heavy atom. The quantitative estimate of drug-likeness (QED) is 0.142. The van der Waals surface area contributed by atoms with E-state index in [1.54, 1.807) is 17.6 Å². The predicted octanol–water partition coefficient (Wildman–Crippen LogP) is 5.16. The van der Waals surface area contributed by atoms with Crippen molar-refractivity contribution in [3.8, 4) is 5.75 Å². The normalized spacial score (nSPS) is 13.1. The second-order valence-electron chi connectivity index (χ2n) is 8.20. The van der Waals surface area contributed by atoms with Gasteiger partial charge >= 0.3 is 0 Å². The first-order valence-electron chi connectivity index (χ1n) is 11.5. The molecule has 186 valence electrons. The molecule has 0 saturated carbocycles. The topological polar surface area (TPSA) is 92.7 Å². The number of carbonyl (C=O) groups is 1. The number of hydroxylamine groups is 1. The van der Waals surface area contributed by atoms with Crippen LogP contribution in [0.5, 0.6) is 5.75 Å². The van der Waals surface area contributed by atoms with Crippen LogP contribution < -0.4 is 10.2 Å². The fourth-order valence-corrected chi connectivity index (χ4v) is 7.19. The van der Waals surface area contributed by atoms with E-state index in [0.717, 1.165) is 17.7 Å². The zero-order chi connectivity index (χ0) is 25.1. The molecule has 0 bridgehead atoms. The van der Waals surface area contributed by atoms with Gasteiger partial charge in [-0.15, -0.1) is 11.8 Å². The highest BCUT2D eigenvalue weighted by Crippen LogP contribution is 2.31. The van der Waals surface area contributed by atoms with E-state index in [1.807, 2.05) is 60.7 Å². The number of benzene rings is 3. The van der Waals surface area contributed by atoms with Crippen LogP contribution >= 0.6 is 11.8 Å². The van der Waals surface area contributed by atoms with Crippen molar-refractivity contribution < 1.29 is 23.2 Å². The summed E-state index contributed by atoms with van der Waals surface area (Å²) in [6.45, 7) is 0. The summed E-state index contributed by atoms with van der Waals surface area (Å²) >= 11 is 1.40. The van der Waals surface area contributed by atoms with Crippen molar-refractivity contribution in [3.05, 3.63) is 90.5 Å². The number of ether oxygens (including phenoxy) is 1. The molecule has 1 amide bonds. The molecule has 2 N–H and O–H groups in total. The van der Waals surface area contributed by atoms with Crippen LogP contribution in [0.15, 0.2) is 94.7 Å². The van der Waals surface area contributed by atoms with E-state index < -0.39 is 26.9 Å². The number of methoxy groups -OCH3 is 1. The average Bonchev–Trinajstić information content (AvgIpc) is 2.90. The lowest BCUT2D eigenvalue weighted by Crippen LogP contribution is -2.42. The van der Waals surface area contributed by atoms with E-state index in [-0.39, 0.29) is 10.6 Å². The van der Waals surface area contributed by atoms with Crippen molar-refractivity contribution in [2.24, 2.45) is 5.92 Å². The molecule has 0 fully saturated rings. The first-order valence-corrected chi connectivity index (χ1v) is 14.0. The molecule has 2 unspecified atom stereocenters. The van der Waals surface area contributed by atoms with Gasteiger partial charge in [-0.3, -0.25) is 10.0 Å². The summed E-state index contributed by atoms with van der Waals surface area (Å²) in [5.41, 5.74) is 2.89. The molecule has 2 atom stereocenters. The maximum absolute atomic E-state index is 13.8.